The SMILES string of the molecule is N#Cc1cc(C(F)F)c(F)nc1[N+](=O)[O-]. The number of pyridine rings is 1. The quantitative estimate of drug-likeness (QED) is 0.430. The lowest BCUT2D eigenvalue weighted by Gasteiger charge is -1.99. The van der Waals surface area contributed by atoms with Crippen LogP contribution >= 0.6 is 0 Å². The van der Waals surface area contributed by atoms with E-state index >= 15 is 0 Å². The van der Waals surface area contributed by atoms with Gasteiger partial charge in [-0.1, -0.05) is 0 Å². The van der Waals surface area contributed by atoms with Crippen LogP contribution in [-0.2, 0) is 0 Å². The van der Waals surface area contributed by atoms with Crippen molar-refractivity contribution in [3.63, 3.8) is 0 Å². The Morgan fingerprint density at radius 2 is 2.20 bits per heavy atom. The molecule has 0 bridgehead atoms. The molecule has 0 saturated heterocycles. The fourth-order valence-corrected chi connectivity index (χ4v) is 0.872. The van der Waals surface area contributed by atoms with Crippen molar-refractivity contribution >= 4 is 5.82 Å². The minimum absolute atomic E-state index is 0.422. The van der Waals surface area contributed by atoms with E-state index in [-0.39, 0.29) is 0 Å². The van der Waals surface area contributed by atoms with Gasteiger partial charge in [0.15, 0.2) is 5.56 Å². The zero-order valence-corrected chi connectivity index (χ0v) is 6.95. The lowest BCUT2D eigenvalue weighted by Crippen LogP contribution is -2.02. The highest BCUT2D eigenvalue weighted by Gasteiger charge is 2.26. The lowest BCUT2D eigenvalue weighted by atomic mass is 10.2. The normalized spacial score (nSPS) is 10.1. The van der Waals surface area contributed by atoms with Crippen LogP contribution in [0.2, 0.25) is 0 Å². The average Bonchev–Trinajstić information content (AvgIpc) is 2.16. The van der Waals surface area contributed by atoms with Crippen molar-refractivity contribution in [3.8, 4) is 6.07 Å². The van der Waals surface area contributed by atoms with E-state index in [1.165, 1.54) is 6.07 Å². The minimum Gasteiger partial charge on any atom is -0.358 e. The summed E-state index contributed by atoms with van der Waals surface area (Å²) in [5, 5.41) is 18.7. The van der Waals surface area contributed by atoms with Crippen LogP contribution in [0.3, 0.4) is 0 Å². The molecule has 0 aliphatic heterocycles. The molecule has 0 unspecified atom stereocenters. The Morgan fingerprint density at radius 3 is 2.60 bits per heavy atom. The van der Waals surface area contributed by atoms with Gasteiger partial charge in [0, 0.05) is 0 Å². The van der Waals surface area contributed by atoms with Gasteiger partial charge < -0.3 is 10.1 Å². The summed E-state index contributed by atoms with van der Waals surface area (Å²) in [6.07, 6.45) is -3.18. The van der Waals surface area contributed by atoms with E-state index in [0.29, 0.717) is 6.07 Å². The average molecular weight is 217 g/mol. The van der Waals surface area contributed by atoms with E-state index in [0.717, 1.165) is 0 Å². The van der Waals surface area contributed by atoms with Gasteiger partial charge in [-0.2, -0.15) is 9.65 Å². The van der Waals surface area contributed by atoms with Crippen LogP contribution in [0.1, 0.15) is 17.6 Å². The van der Waals surface area contributed by atoms with Crippen molar-refractivity contribution in [2.45, 2.75) is 6.43 Å². The van der Waals surface area contributed by atoms with Crippen LogP contribution in [0.25, 0.3) is 0 Å². The van der Waals surface area contributed by atoms with Crippen molar-refractivity contribution in [1.29, 1.82) is 5.26 Å². The highest BCUT2D eigenvalue weighted by molar-refractivity contribution is 5.45. The van der Waals surface area contributed by atoms with Gasteiger partial charge in [-0.15, -0.1) is 0 Å². The fraction of sp³-hybridized carbons (Fsp3) is 0.143. The molecule has 0 saturated carbocycles. The van der Waals surface area contributed by atoms with E-state index in [1.54, 1.807) is 0 Å². The number of hydrogen-bond donors (Lipinski definition) is 0. The molecule has 1 rings (SSSR count). The first-order chi connectivity index (χ1) is 6.97. The summed E-state index contributed by atoms with van der Waals surface area (Å²) in [4.78, 5) is 11.8. The molecule has 0 N–H and O–H groups in total. The van der Waals surface area contributed by atoms with Crippen LogP contribution in [-0.4, -0.2) is 9.91 Å². The van der Waals surface area contributed by atoms with Crippen molar-refractivity contribution in [2.24, 2.45) is 0 Å². The molecule has 0 radical (unpaired) electrons. The molecule has 1 heterocycles. The Bertz CT molecular complexity index is 456. The van der Waals surface area contributed by atoms with Gasteiger partial charge in [0.1, 0.15) is 11.6 Å². The molecule has 1 aromatic heterocycles. The fourth-order valence-electron chi connectivity index (χ4n) is 0.872. The molecule has 0 spiro atoms. The Hall–Kier alpha value is -2.17. The van der Waals surface area contributed by atoms with E-state index in [4.69, 9.17) is 5.26 Å². The highest BCUT2D eigenvalue weighted by Crippen LogP contribution is 2.25. The number of halogens is 3. The van der Waals surface area contributed by atoms with Gasteiger partial charge in [-0.25, -0.2) is 8.78 Å². The molecule has 1 aromatic rings. The van der Waals surface area contributed by atoms with E-state index in [1.807, 2.05) is 0 Å². The lowest BCUT2D eigenvalue weighted by molar-refractivity contribution is -0.390. The Kier molecular flexibility index (Phi) is 2.85. The van der Waals surface area contributed by atoms with E-state index in [9.17, 15) is 23.3 Å². The van der Waals surface area contributed by atoms with Crippen LogP contribution < -0.4 is 0 Å². The van der Waals surface area contributed by atoms with E-state index in [2.05, 4.69) is 4.98 Å². The Balaban J connectivity index is 3.44. The number of hydrogen-bond acceptors (Lipinski definition) is 4. The molecule has 15 heavy (non-hydrogen) atoms. The number of nitro groups is 1. The maximum Gasteiger partial charge on any atom is 0.384 e. The summed E-state index contributed by atoms with van der Waals surface area (Å²) in [7, 11) is 0. The minimum atomic E-state index is -3.18. The number of alkyl halides is 2. The van der Waals surface area contributed by atoms with Gasteiger partial charge in [0.05, 0.1) is 0 Å². The number of nitriles is 1. The van der Waals surface area contributed by atoms with Crippen LogP contribution in [0, 0.1) is 27.4 Å². The number of rotatable bonds is 2. The number of nitrogens with zero attached hydrogens (tertiary/aromatic N) is 3. The van der Waals surface area contributed by atoms with Gasteiger partial charge in [0.2, 0.25) is 0 Å². The second-order valence-electron chi connectivity index (χ2n) is 2.41. The topological polar surface area (TPSA) is 79.8 Å². The van der Waals surface area contributed by atoms with Crippen LogP contribution in [0.5, 0.6) is 0 Å². The van der Waals surface area contributed by atoms with Crippen molar-refractivity contribution in [1.82, 2.24) is 4.98 Å². The zero-order chi connectivity index (χ0) is 11.6. The molecule has 0 aliphatic rings. The molecule has 0 aromatic carbocycles. The summed E-state index contributed by atoms with van der Waals surface area (Å²) < 4.78 is 37.0. The highest BCUT2D eigenvalue weighted by atomic mass is 19.3. The molecular weight excluding hydrogens is 215 g/mol. The molecule has 8 heteroatoms. The Labute approximate surface area is 80.9 Å². The summed E-state index contributed by atoms with van der Waals surface area (Å²) in [5.74, 6) is -2.71. The van der Waals surface area contributed by atoms with Gasteiger partial charge >= 0.3 is 11.8 Å². The number of aromatic nitrogens is 1. The van der Waals surface area contributed by atoms with Gasteiger partial charge in [-0.3, -0.25) is 0 Å². The summed E-state index contributed by atoms with van der Waals surface area (Å²) in [6.45, 7) is 0. The van der Waals surface area contributed by atoms with Crippen molar-refractivity contribution in [2.75, 3.05) is 0 Å². The van der Waals surface area contributed by atoms with Crippen molar-refractivity contribution in [3.05, 3.63) is 33.3 Å². The van der Waals surface area contributed by atoms with E-state index < -0.39 is 34.2 Å². The Morgan fingerprint density at radius 1 is 1.60 bits per heavy atom. The molecule has 0 aliphatic carbocycles. The summed E-state index contributed by atoms with van der Waals surface area (Å²) in [6, 6.07) is 1.72. The maximum absolute atomic E-state index is 12.8. The smallest absolute Gasteiger partial charge is 0.358 e. The first kappa shape index (κ1) is 10.9. The standard InChI is InChI=1S/C7H2F3N3O2/c8-5(9)4-1-3(2-11)7(13(14)15)12-6(4)10/h1,5H. The summed E-state index contributed by atoms with van der Waals surface area (Å²) in [5.41, 5.74) is -1.83. The summed E-state index contributed by atoms with van der Waals surface area (Å²) >= 11 is 0. The third kappa shape index (κ3) is 2.01. The predicted molar refractivity (Wildman–Crippen MR) is 40.5 cm³/mol. The third-order valence-electron chi connectivity index (χ3n) is 1.51. The predicted octanol–water partition coefficient (Wildman–Crippen LogP) is 1.94. The molecule has 78 valence electrons. The molecule has 0 amide bonds. The monoisotopic (exact) mass is 217 g/mol. The first-order valence-corrected chi connectivity index (χ1v) is 3.50. The second kappa shape index (κ2) is 3.91. The molecule has 5 nitrogen and oxygen atoms in total. The van der Waals surface area contributed by atoms with Gasteiger partial charge in [-0.05, 0) is 16.0 Å². The zero-order valence-electron chi connectivity index (χ0n) is 6.95. The largest absolute Gasteiger partial charge is 0.384 e. The first-order valence-electron chi connectivity index (χ1n) is 3.50. The van der Waals surface area contributed by atoms with Crippen LogP contribution in [0.15, 0.2) is 6.07 Å². The third-order valence-corrected chi connectivity index (χ3v) is 1.51. The van der Waals surface area contributed by atoms with Crippen LogP contribution in [0.4, 0.5) is 19.0 Å². The molecule has 0 atom stereocenters. The molecule has 0 fully saturated rings. The van der Waals surface area contributed by atoms with Gasteiger partial charge in [0.25, 0.3) is 6.43 Å². The van der Waals surface area contributed by atoms with Crippen molar-refractivity contribution < 1.29 is 18.1 Å². The second-order valence-corrected chi connectivity index (χ2v) is 2.41. The molecular formula is C7H2F3N3O2. The maximum atomic E-state index is 12.8.